The molecule has 0 spiro atoms. The fourth-order valence-corrected chi connectivity index (χ4v) is 3.26. The fourth-order valence-electron chi connectivity index (χ4n) is 3.26. The molecule has 0 aromatic heterocycles. The molecule has 2 fully saturated rings. The quantitative estimate of drug-likeness (QED) is 0.879. The van der Waals surface area contributed by atoms with Crippen LogP contribution in [0.5, 0.6) is 0 Å². The lowest BCUT2D eigenvalue weighted by Crippen LogP contribution is -2.47. The van der Waals surface area contributed by atoms with Crippen molar-refractivity contribution in [2.75, 3.05) is 26.2 Å². The summed E-state index contributed by atoms with van der Waals surface area (Å²) in [6, 6.07) is 9.90. The molecule has 1 saturated carbocycles. The van der Waals surface area contributed by atoms with Crippen LogP contribution in [-0.4, -0.2) is 31.1 Å². The van der Waals surface area contributed by atoms with Crippen molar-refractivity contribution < 1.29 is 0 Å². The first-order valence-corrected chi connectivity index (χ1v) is 7.36. The van der Waals surface area contributed by atoms with E-state index in [-0.39, 0.29) is 0 Å². The maximum atomic E-state index is 3.46. The highest BCUT2D eigenvalue weighted by molar-refractivity contribution is 5.25. The topological polar surface area (TPSA) is 15.3 Å². The van der Waals surface area contributed by atoms with Crippen LogP contribution in [0.25, 0.3) is 0 Å². The Balaban J connectivity index is 1.81. The van der Waals surface area contributed by atoms with Gasteiger partial charge in [-0.2, -0.15) is 0 Å². The van der Waals surface area contributed by atoms with E-state index in [1.165, 1.54) is 43.5 Å². The molecule has 2 nitrogen and oxygen atoms in total. The molecular formula is C16H24N2. The predicted molar refractivity (Wildman–Crippen MR) is 75.7 cm³/mol. The van der Waals surface area contributed by atoms with Gasteiger partial charge in [0.1, 0.15) is 0 Å². The van der Waals surface area contributed by atoms with Gasteiger partial charge in [0.05, 0.1) is 0 Å². The highest BCUT2D eigenvalue weighted by Gasteiger charge is 2.33. The smallest absolute Gasteiger partial charge is 0.0377 e. The molecule has 1 heterocycles. The number of nitrogens with one attached hydrogen (secondary N) is 1. The summed E-state index contributed by atoms with van der Waals surface area (Å²) in [5.41, 5.74) is 2.90. The Hall–Kier alpha value is -0.860. The zero-order valence-corrected chi connectivity index (χ0v) is 11.4. The van der Waals surface area contributed by atoms with E-state index in [0.717, 1.165) is 19.0 Å². The molecule has 18 heavy (non-hydrogen) atoms. The van der Waals surface area contributed by atoms with E-state index in [1.807, 2.05) is 0 Å². The number of hydrogen-bond acceptors (Lipinski definition) is 2. The van der Waals surface area contributed by atoms with Gasteiger partial charge in [0.25, 0.3) is 0 Å². The molecule has 1 aromatic carbocycles. The first-order valence-electron chi connectivity index (χ1n) is 7.36. The average Bonchev–Trinajstić information content (AvgIpc) is 2.36. The highest BCUT2D eigenvalue weighted by Crippen LogP contribution is 2.41. The van der Waals surface area contributed by atoms with Crippen molar-refractivity contribution >= 4 is 0 Å². The minimum absolute atomic E-state index is 0.668. The van der Waals surface area contributed by atoms with Gasteiger partial charge in [-0.25, -0.2) is 0 Å². The molecule has 3 rings (SSSR count). The van der Waals surface area contributed by atoms with E-state index in [4.69, 9.17) is 0 Å². The molecule has 1 aliphatic carbocycles. The molecule has 0 unspecified atom stereocenters. The third-order valence-electron chi connectivity index (χ3n) is 4.56. The number of rotatable bonds is 3. The Bertz CT molecular complexity index is 375. The Morgan fingerprint density at radius 1 is 1.11 bits per heavy atom. The van der Waals surface area contributed by atoms with Crippen LogP contribution in [0.1, 0.15) is 36.4 Å². The van der Waals surface area contributed by atoms with Gasteiger partial charge in [0.15, 0.2) is 0 Å². The van der Waals surface area contributed by atoms with Crippen molar-refractivity contribution in [1.29, 1.82) is 0 Å². The van der Waals surface area contributed by atoms with Crippen molar-refractivity contribution in [3.05, 3.63) is 35.4 Å². The summed E-state index contributed by atoms with van der Waals surface area (Å²) in [7, 11) is 0. The van der Waals surface area contributed by atoms with Crippen molar-refractivity contribution in [3.63, 3.8) is 0 Å². The van der Waals surface area contributed by atoms with Crippen molar-refractivity contribution in [3.8, 4) is 0 Å². The maximum Gasteiger partial charge on any atom is 0.0377 e. The van der Waals surface area contributed by atoms with E-state index in [0.29, 0.717) is 6.04 Å². The number of hydrogen-bond donors (Lipinski definition) is 1. The van der Waals surface area contributed by atoms with Crippen LogP contribution in [0.4, 0.5) is 0 Å². The van der Waals surface area contributed by atoms with Crippen molar-refractivity contribution in [1.82, 2.24) is 10.2 Å². The van der Waals surface area contributed by atoms with Gasteiger partial charge in [0, 0.05) is 32.2 Å². The van der Waals surface area contributed by atoms with Gasteiger partial charge < -0.3 is 5.32 Å². The number of benzene rings is 1. The van der Waals surface area contributed by atoms with Crippen LogP contribution in [0.2, 0.25) is 0 Å². The molecular weight excluding hydrogens is 220 g/mol. The summed E-state index contributed by atoms with van der Waals surface area (Å²) in [6.45, 7) is 6.88. The van der Waals surface area contributed by atoms with E-state index < -0.39 is 0 Å². The predicted octanol–water partition coefficient (Wildman–Crippen LogP) is 2.74. The fraction of sp³-hybridized carbons (Fsp3) is 0.625. The van der Waals surface area contributed by atoms with Gasteiger partial charge in [-0.05, 0) is 31.2 Å². The summed E-state index contributed by atoms with van der Waals surface area (Å²) in [4.78, 5) is 2.70. The SMILES string of the molecule is Cc1ccc([C@@H](C2CCC2)N2CCNCC2)cc1. The molecule has 0 bridgehead atoms. The molecule has 2 aliphatic rings. The molecule has 1 N–H and O–H groups in total. The summed E-state index contributed by atoms with van der Waals surface area (Å²) in [6.07, 6.45) is 4.27. The minimum Gasteiger partial charge on any atom is -0.314 e. The molecule has 1 atom stereocenters. The van der Waals surface area contributed by atoms with Crippen LogP contribution in [0, 0.1) is 12.8 Å². The molecule has 1 saturated heterocycles. The van der Waals surface area contributed by atoms with Gasteiger partial charge >= 0.3 is 0 Å². The van der Waals surface area contributed by atoms with Crippen LogP contribution in [0.3, 0.4) is 0 Å². The van der Waals surface area contributed by atoms with E-state index in [2.05, 4.69) is 41.4 Å². The molecule has 1 aromatic rings. The zero-order chi connectivity index (χ0) is 12.4. The summed E-state index contributed by atoms with van der Waals surface area (Å²) < 4.78 is 0. The standard InChI is InChI=1S/C16H24N2/c1-13-5-7-15(8-6-13)16(14-3-2-4-14)18-11-9-17-10-12-18/h5-8,14,16-17H,2-4,9-12H2,1H3/t16-/m1/s1. The summed E-state index contributed by atoms with van der Waals surface area (Å²) >= 11 is 0. The lowest BCUT2D eigenvalue weighted by atomic mass is 9.76. The molecule has 0 amide bonds. The second-order valence-electron chi connectivity index (χ2n) is 5.83. The first-order chi connectivity index (χ1) is 8.84. The largest absolute Gasteiger partial charge is 0.314 e. The van der Waals surface area contributed by atoms with Gasteiger partial charge in [-0.1, -0.05) is 36.2 Å². The summed E-state index contributed by atoms with van der Waals surface area (Å²) in [5.74, 6) is 0.894. The Labute approximate surface area is 110 Å². The third-order valence-corrected chi connectivity index (χ3v) is 4.56. The van der Waals surface area contributed by atoms with Crippen LogP contribution in [-0.2, 0) is 0 Å². The maximum absolute atomic E-state index is 3.46. The number of aryl methyl sites for hydroxylation is 1. The lowest BCUT2D eigenvalue weighted by molar-refractivity contribution is 0.0837. The molecule has 1 aliphatic heterocycles. The molecule has 0 radical (unpaired) electrons. The van der Waals surface area contributed by atoms with Crippen molar-refractivity contribution in [2.45, 2.75) is 32.2 Å². The summed E-state index contributed by atoms with van der Waals surface area (Å²) in [5, 5.41) is 3.46. The van der Waals surface area contributed by atoms with Gasteiger partial charge in [-0.15, -0.1) is 0 Å². The first kappa shape index (κ1) is 12.2. The van der Waals surface area contributed by atoms with E-state index in [1.54, 1.807) is 0 Å². The second kappa shape index (κ2) is 5.41. The second-order valence-corrected chi connectivity index (χ2v) is 5.83. The van der Waals surface area contributed by atoms with Gasteiger partial charge in [0.2, 0.25) is 0 Å². The molecule has 2 heteroatoms. The monoisotopic (exact) mass is 244 g/mol. The Morgan fingerprint density at radius 2 is 1.78 bits per heavy atom. The van der Waals surface area contributed by atoms with E-state index in [9.17, 15) is 0 Å². The van der Waals surface area contributed by atoms with E-state index >= 15 is 0 Å². The minimum atomic E-state index is 0.668. The normalized spacial score (nSPS) is 23.6. The highest BCUT2D eigenvalue weighted by atomic mass is 15.2. The Kier molecular flexibility index (Phi) is 3.67. The Morgan fingerprint density at radius 3 is 2.33 bits per heavy atom. The van der Waals surface area contributed by atoms with Crippen LogP contribution < -0.4 is 5.32 Å². The molecule has 98 valence electrons. The zero-order valence-electron chi connectivity index (χ0n) is 11.4. The van der Waals surface area contributed by atoms with Crippen LogP contribution in [0.15, 0.2) is 24.3 Å². The number of piperazine rings is 1. The van der Waals surface area contributed by atoms with Gasteiger partial charge in [-0.3, -0.25) is 4.90 Å². The van der Waals surface area contributed by atoms with Crippen molar-refractivity contribution in [2.24, 2.45) is 5.92 Å². The third kappa shape index (κ3) is 2.45. The lowest BCUT2D eigenvalue weighted by Gasteiger charge is -2.43. The average molecular weight is 244 g/mol. The van der Waals surface area contributed by atoms with Crippen LogP contribution >= 0.6 is 0 Å². The number of nitrogens with zero attached hydrogens (tertiary/aromatic N) is 1.